The van der Waals surface area contributed by atoms with Gasteiger partial charge in [0.25, 0.3) is 11.8 Å². The van der Waals surface area contributed by atoms with E-state index in [0.717, 1.165) is 21.2 Å². The van der Waals surface area contributed by atoms with Crippen LogP contribution in [0.4, 0.5) is 10.5 Å². The summed E-state index contributed by atoms with van der Waals surface area (Å²) in [6, 6.07) is 21.7. The first-order valence-corrected chi connectivity index (χ1v) is 11.2. The number of rotatable bonds is 6. The highest BCUT2D eigenvalue weighted by atomic mass is 16.6. The van der Waals surface area contributed by atoms with E-state index < -0.39 is 36.1 Å². The van der Waals surface area contributed by atoms with E-state index in [-0.39, 0.29) is 0 Å². The van der Waals surface area contributed by atoms with E-state index in [9.17, 15) is 14.4 Å². The highest BCUT2D eigenvalue weighted by Crippen LogP contribution is 2.25. The molecule has 1 atom stereocenters. The minimum absolute atomic E-state index is 0.426. The van der Waals surface area contributed by atoms with Crippen molar-refractivity contribution in [3.05, 3.63) is 77.9 Å². The molecule has 3 aromatic rings. The van der Waals surface area contributed by atoms with Crippen molar-refractivity contribution in [2.45, 2.75) is 39.3 Å². The van der Waals surface area contributed by atoms with Crippen LogP contribution < -0.4 is 10.6 Å². The molecule has 0 saturated heterocycles. The summed E-state index contributed by atoms with van der Waals surface area (Å²) in [6.07, 6.45) is 4.94. The second-order valence-corrected chi connectivity index (χ2v) is 9.12. The molecule has 0 aliphatic rings. The molecule has 0 aromatic heterocycles. The van der Waals surface area contributed by atoms with Gasteiger partial charge in [-0.1, -0.05) is 66.6 Å². The summed E-state index contributed by atoms with van der Waals surface area (Å²) >= 11 is 0. The predicted molar refractivity (Wildman–Crippen MR) is 136 cm³/mol. The summed E-state index contributed by atoms with van der Waals surface area (Å²) in [7, 11) is 0. The Bertz CT molecular complexity index is 1290. The van der Waals surface area contributed by atoms with Crippen LogP contribution in [-0.2, 0) is 14.3 Å². The molecule has 3 aromatic carbocycles. The van der Waals surface area contributed by atoms with Gasteiger partial charge in [-0.05, 0) is 56.2 Å². The Morgan fingerprint density at radius 1 is 1.00 bits per heavy atom. The molecule has 0 radical (unpaired) electrons. The molecule has 1 unspecified atom stereocenters. The van der Waals surface area contributed by atoms with E-state index in [1.165, 1.54) is 0 Å². The smallest absolute Gasteiger partial charge is 0.408 e. The number of anilines is 1. The van der Waals surface area contributed by atoms with Crippen molar-refractivity contribution in [1.29, 1.82) is 0 Å². The molecule has 0 spiro atoms. The van der Waals surface area contributed by atoms with Crippen molar-refractivity contribution in [1.82, 2.24) is 10.2 Å². The van der Waals surface area contributed by atoms with E-state index >= 15 is 0 Å². The number of aryl methyl sites for hydroxylation is 1. The maximum Gasteiger partial charge on any atom is 0.408 e. The molecule has 3 rings (SSSR count). The summed E-state index contributed by atoms with van der Waals surface area (Å²) in [5.41, 5.74) is 1.31. The standard InChI is InChI=1S/C28H29N3O4/c1-6-31(24(32)18-29-27(34)35-28(3,4)5)25(22-13-9-10-19(2)16-22)26(33)30-23-15-14-20-11-7-8-12-21(20)17-23/h1,7-17,25H,18H2,2-5H3,(H,29,34)(H,30,33). The van der Waals surface area contributed by atoms with Gasteiger partial charge in [-0.25, -0.2) is 4.79 Å². The van der Waals surface area contributed by atoms with Crippen molar-refractivity contribution in [2.24, 2.45) is 0 Å². The van der Waals surface area contributed by atoms with E-state index in [1.54, 1.807) is 45.0 Å². The van der Waals surface area contributed by atoms with E-state index in [0.29, 0.717) is 11.3 Å². The number of benzene rings is 3. The Hall–Kier alpha value is -4.31. The third kappa shape index (κ3) is 6.84. The first-order valence-electron chi connectivity index (χ1n) is 11.2. The zero-order valence-electron chi connectivity index (χ0n) is 20.3. The fourth-order valence-electron chi connectivity index (χ4n) is 3.57. The lowest BCUT2D eigenvalue weighted by atomic mass is 10.0. The van der Waals surface area contributed by atoms with Crippen LogP contribution in [0.15, 0.2) is 66.7 Å². The summed E-state index contributed by atoms with van der Waals surface area (Å²) in [6.45, 7) is 6.60. The van der Waals surface area contributed by atoms with E-state index in [4.69, 9.17) is 11.2 Å². The van der Waals surface area contributed by atoms with Crippen LogP contribution in [0, 0.1) is 19.4 Å². The number of nitrogens with zero attached hydrogens (tertiary/aromatic N) is 1. The average molecular weight is 472 g/mol. The minimum Gasteiger partial charge on any atom is -0.444 e. The maximum absolute atomic E-state index is 13.5. The van der Waals surface area contributed by atoms with Gasteiger partial charge < -0.3 is 15.4 Å². The first-order chi connectivity index (χ1) is 16.6. The van der Waals surface area contributed by atoms with Gasteiger partial charge in [-0.15, -0.1) is 0 Å². The topological polar surface area (TPSA) is 87.7 Å². The van der Waals surface area contributed by atoms with Crippen LogP contribution >= 0.6 is 0 Å². The fourth-order valence-corrected chi connectivity index (χ4v) is 3.57. The molecule has 0 aliphatic carbocycles. The number of terminal acetylenes is 1. The van der Waals surface area contributed by atoms with Crippen molar-refractivity contribution in [2.75, 3.05) is 11.9 Å². The second-order valence-electron chi connectivity index (χ2n) is 9.12. The first kappa shape index (κ1) is 25.3. The van der Waals surface area contributed by atoms with Gasteiger partial charge in [-0.2, -0.15) is 0 Å². The van der Waals surface area contributed by atoms with Crippen LogP contribution in [0.2, 0.25) is 0 Å². The molecule has 0 heterocycles. The number of ether oxygens (including phenoxy) is 1. The van der Waals surface area contributed by atoms with Gasteiger partial charge in [0.05, 0.1) is 0 Å². The molecular formula is C28H29N3O4. The highest BCUT2D eigenvalue weighted by Gasteiger charge is 2.31. The van der Waals surface area contributed by atoms with Gasteiger partial charge in [0.15, 0.2) is 0 Å². The largest absolute Gasteiger partial charge is 0.444 e. The monoisotopic (exact) mass is 471 g/mol. The summed E-state index contributed by atoms with van der Waals surface area (Å²) in [4.78, 5) is 39.5. The van der Waals surface area contributed by atoms with Crippen molar-refractivity contribution in [3.63, 3.8) is 0 Å². The van der Waals surface area contributed by atoms with Gasteiger partial charge in [0.2, 0.25) is 0 Å². The average Bonchev–Trinajstić information content (AvgIpc) is 2.79. The van der Waals surface area contributed by atoms with Crippen LogP contribution in [0.25, 0.3) is 10.8 Å². The number of alkyl carbamates (subject to hydrolysis) is 1. The molecule has 0 saturated carbocycles. The van der Waals surface area contributed by atoms with Gasteiger partial charge >= 0.3 is 6.09 Å². The zero-order chi connectivity index (χ0) is 25.6. The third-order valence-electron chi connectivity index (χ3n) is 5.07. The lowest BCUT2D eigenvalue weighted by Gasteiger charge is -2.27. The minimum atomic E-state index is -1.11. The number of carbonyl (C=O) groups excluding carboxylic acids is 3. The molecule has 35 heavy (non-hydrogen) atoms. The zero-order valence-corrected chi connectivity index (χ0v) is 20.3. The van der Waals surface area contributed by atoms with Gasteiger partial charge in [0, 0.05) is 11.7 Å². The number of carbonyl (C=O) groups is 3. The number of hydrogen-bond acceptors (Lipinski definition) is 4. The molecule has 3 amide bonds. The predicted octanol–water partition coefficient (Wildman–Crippen LogP) is 4.77. The van der Waals surface area contributed by atoms with Crippen molar-refractivity contribution < 1.29 is 19.1 Å². The summed E-state index contributed by atoms with van der Waals surface area (Å²) < 4.78 is 5.17. The van der Waals surface area contributed by atoms with Crippen LogP contribution in [0.3, 0.4) is 0 Å². The van der Waals surface area contributed by atoms with Crippen molar-refractivity contribution in [3.8, 4) is 12.5 Å². The second kappa shape index (κ2) is 10.7. The van der Waals surface area contributed by atoms with Crippen LogP contribution in [0.5, 0.6) is 0 Å². The molecule has 7 heteroatoms. The summed E-state index contributed by atoms with van der Waals surface area (Å²) in [5.74, 6) is -1.10. The Balaban J connectivity index is 1.86. The van der Waals surface area contributed by atoms with Gasteiger partial charge in [0.1, 0.15) is 18.2 Å². The Labute approximate surface area is 205 Å². The lowest BCUT2D eigenvalue weighted by molar-refractivity contribution is -0.134. The van der Waals surface area contributed by atoms with E-state index in [2.05, 4.69) is 16.7 Å². The Kier molecular flexibility index (Phi) is 7.77. The molecule has 180 valence electrons. The maximum atomic E-state index is 13.5. The molecule has 0 fully saturated rings. The lowest BCUT2D eigenvalue weighted by Crippen LogP contribution is -2.44. The summed E-state index contributed by atoms with van der Waals surface area (Å²) in [5, 5.41) is 7.28. The Morgan fingerprint density at radius 3 is 2.37 bits per heavy atom. The molecule has 7 nitrogen and oxygen atoms in total. The highest BCUT2D eigenvalue weighted by molar-refractivity contribution is 6.00. The van der Waals surface area contributed by atoms with Crippen LogP contribution in [-0.4, -0.2) is 35.0 Å². The number of fused-ring (bicyclic) bond motifs is 1. The van der Waals surface area contributed by atoms with Gasteiger partial charge in [-0.3, -0.25) is 14.5 Å². The quantitative estimate of drug-likeness (QED) is 0.400. The van der Waals surface area contributed by atoms with Crippen molar-refractivity contribution >= 4 is 34.4 Å². The number of amides is 3. The molecule has 0 bridgehead atoms. The third-order valence-corrected chi connectivity index (χ3v) is 5.07. The molecule has 2 N–H and O–H groups in total. The SMILES string of the molecule is C#CN(C(=O)CNC(=O)OC(C)(C)C)C(C(=O)Nc1ccc2ccccc2c1)c1cccc(C)c1. The normalized spacial score (nSPS) is 11.7. The van der Waals surface area contributed by atoms with Crippen LogP contribution in [0.1, 0.15) is 37.9 Å². The number of nitrogens with one attached hydrogen (secondary N) is 2. The Morgan fingerprint density at radius 2 is 1.71 bits per heavy atom. The molecule has 0 aliphatic heterocycles. The fraction of sp³-hybridized carbons (Fsp3) is 0.250. The van der Waals surface area contributed by atoms with E-state index in [1.807, 2.05) is 49.4 Å². The number of hydrogen-bond donors (Lipinski definition) is 2. The molecular weight excluding hydrogens is 442 g/mol.